The molecule has 7 rings (SSSR count). The van der Waals surface area contributed by atoms with E-state index in [0.717, 1.165) is 21.2 Å². The maximum Gasteiger partial charge on any atom is 0.417 e. The van der Waals surface area contributed by atoms with Gasteiger partial charge in [0, 0.05) is 63.6 Å². The molecule has 0 radical (unpaired) electrons. The first-order chi connectivity index (χ1) is 26.3. The first-order valence-electron chi connectivity index (χ1n) is 17.5. The van der Waals surface area contributed by atoms with E-state index in [2.05, 4.69) is 9.97 Å². The number of likely N-dealkylation sites (tertiary alicyclic amines) is 1. The van der Waals surface area contributed by atoms with Crippen LogP contribution in [0.1, 0.15) is 46.3 Å². The van der Waals surface area contributed by atoms with Crippen LogP contribution >= 0.6 is 11.3 Å². The standard InChI is InChI=1S/C40H36F3N5O6S/c1-46(2)34-14-8-25(20-44-34)24-7-10-29(30(19-24)40(41,42)43)37-45-31-12-6-23(17-33(31)55-37)5-4-16-53-22-36(50)54-27-9-11-28-26(18-27)21-48(38(28)51)32-13-15-35(49)47(3)39(32)52/h6-12,14,17-20,32H,4-5,13,15-16,21-22H2,1-3H3. The van der Waals surface area contributed by atoms with Gasteiger partial charge < -0.3 is 19.3 Å². The molecule has 2 aromatic heterocycles. The van der Waals surface area contributed by atoms with E-state index in [1.54, 1.807) is 42.6 Å². The molecule has 55 heavy (non-hydrogen) atoms. The summed E-state index contributed by atoms with van der Waals surface area (Å²) in [4.78, 5) is 63.2. The van der Waals surface area contributed by atoms with Crippen LogP contribution in [0.15, 0.2) is 72.9 Å². The molecule has 3 amide bonds. The molecule has 0 saturated carbocycles. The van der Waals surface area contributed by atoms with Gasteiger partial charge in [0.1, 0.15) is 29.2 Å². The number of imide groups is 1. The summed E-state index contributed by atoms with van der Waals surface area (Å²) < 4.78 is 54.7. The Morgan fingerprint density at radius 3 is 2.51 bits per heavy atom. The number of halogens is 3. The lowest BCUT2D eigenvalue weighted by Gasteiger charge is -2.33. The van der Waals surface area contributed by atoms with Crippen LogP contribution < -0.4 is 9.64 Å². The average Bonchev–Trinajstić information content (AvgIpc) is 3.73. The predicted molar refractivity (Wildman–Crippen MR) is 200 cm³/mol. The monoisotopic (exact) mass is 771 g/mol. The van der Waals surface area contributed by atoms with Crippen LogP contribution in [0.4, 0.5) is 19.0 Å². The predicted octanol–water partition coefficient (Wildman–Crippen LogP) is 6.77. The van der Waals surface area contributed by atoms with Gasteiger partial charge in [-0.25, -0.2) is 14.8 Å². The Kier molecular flexibility index (Phi) is 10.4. The minimum atomic E-state index is -4.60. The Hall–Kier alpha value is -5.67. The molecule has 2 aliphatic rings. The van der Waals surface area contributed by atoms with E-state index >= 15 is 0 Å². The molecule has 284 valence electrons. The van der Waals surface area contributed by atoms with E-state index in [4.69, 9.17) is 9.47 Å². The van der Waals surface area contributed by atoms with Gasteiger partial charge >= 0.3 is 12.1 Å². The number of benzene rings is 3. The summed E-state index contributed by atoms with van der Waals surface area (Å²) in [5.74, 6) is -0.679. The molecule has 3 aromatic carbocycles. The van der Waals surface area contributed by atoms with Crippen molar-refractivity contribution in [3.63, 3.8) is 0 Å². The number of thiazole rings is 1. The van der Waals surface area contributed by atoms with Gasteiger partial charge in [-0.1, -0.05) is 18.2 Å². The molecule has 11 nitrogen and oxygen atoms in total. The second kappa shape index (κ2) is 15.2. The van der Waals surface area contributed by atoms with Crippen LogP contribution in [0.5, 0.6) is 5.75 Å². The number of fused-ring (bicyclic) bond motifs is 2. The summed E-state index contributed by atoms with van der Waals surface area (Å²) in [6.07, 6.45) is -1.43. The fourth-order valence-corrected chi connectivity index (χ4v) is 7.79. The fraction of sp³-hybridized carbons (Fsp3) is 0.300. The molecule has 4 heterocycles. The van der Waals surface area contributed by atoms with Gasteiger partial charge in [0.15, 0.2) is 0 Å². The number of carbonyl (C=O) groups is 4. The van der Waals surface area contributed by atoms with Crippen molar-refractivity contribution in [1.29, 1.82) is 0 Å². The lowest BCUT2D eigenvalue weighted by atomic mass is 10.00. The quantitative estimate of drug-likeness (QED) is 0.0620. The highest BCUT2D eigenvalue weighted by molar-refractivity contribution is 7.21. The third-order valence-electron chi connectivity index (χ3n) is 9.66. The second-order valence-corrected chi connectivity index (χ2v) is 14.6. The number of aryl methyl sites for hydroxylation is 1. The van der Waals surface area contributed by atoms with Crippen LogP contribution in [0.2, 0.25) is 0 Å². The molecular weight excluding hydrogens is 736 g/mol. The maximum atomic E-state index is 14.3. The topological polar surface area (TPSA) is 122 Å². The number of likely N-dealkylation sites (N-methyl/N-ethyl adjacent to an activating group) is 1. The summed E-state index contributed by atoms with van der Waals surface area (Å²) in [5.41, 5.74) is 2.80. The summed E-state index contributed by atoms with van der Waals surface area (Å²) in [7, 11) is 5.09. The van der Waals surface area contributed by atoms with Crippen molar-refractivity contribution in [2.45, 2.75) is 44.4 Å². The Labute approximate surface area is 318 Å². The molecule has 15 heteroatoms. The van der Waals surface area contributed by atoms with Gasteiger partial charge in [-0.15, -0.1) is 11.3 Å². The molecule has 1 saturated heterocycles. The normalized spacial score (nSPS) is 15.9. The number of rotatable bonds is 11. The number of carbonyl (C=O) groups excluding carboxylic acids is 4. The van der Waals surface area contributed by atoms with Gasteiger partial charge in [-0.05, 0) is 84.5 Å². The van der Waals surface area contributed by atoms with Crippen molar-refractivity contribution in [2.24, 2.45) is 0 Å². The number of nitrogens with zero attached hydrogens (tertiary/aromatic N) is 5. The molecule has 2 aliphatic heterocycles. The summed E-state index contributed by atoms with van der Waals surface area (Å²) in [6.45, 7) is 0.125. The van der Waals surface area contributed by atoms with Gasteiger partial charge in [0.05, 0.1) is 15.8 Å². The highest BCUT2D eigenvalue weighted by Gasteiger charge is 2.41. The average molecular weight is 772 g/mol. The van der Waals surface area contributed by atoms with Gasteiger partial charge in [0.25, 0.3) is 11.8 Å². The minimum absolute atomic E-state index is 0.00946. The van der Waals surface area contributed by atoms with E-state index in [0.29, 0.717) is 46.4 Å². The van der Waals surface area contributed by atoms with E-state index < -0.39 is 29.7 Å². The zero-order valence-corrected chi connectivity index (χ0v) is 31.0. The number of anilines is 1. The Balaban J connectivity index is 0.921. The number of hydrogen-bond acceptors (Lipinski definition) is 10. The number of hydrogen-bond donors (Lipinski definition) is 0. The zero-order chi connectivity index (χ0) is 39.0. The summed E-state index contributed by atoms with van der Waals surface area (Å²) >= 11 is 1.19. The number of ether oxygens (including phenoxy) is 2. The first-order valence-corrected chi connectivity index (χ1v) is 18.4. The number of alkyl halides is 3. The SMILES string of the molecule is CN1C(=O)CCC(N2Cc3cc(OC(=O)COCCCc4ccc5nc(-c6ccc(-c7ccc(N(C)C)nc7)cc6C(F)(F)F)sc5c4)ccc3C2=O)C1=O. The largest absolute Gasteiger partial charge is 0.425 e. The van der Waals surface area contributed by atoms with Crippen molar-refractivity contribution in [3.8, 4) is 27.4 Å². The van der Waals surface area contributed by atoms with Crippen molar-refractivity contribution in [1.82, 2.24) is 19.8 Å². The van der Waals surface area contributed by atoms with Crippen LogP contribution in [0.25, 0.3) is 31.9 Å². The number of esters is 1. The van der Waals surface area contributed by atoms with Crippen molar-refractivity contribution >= 4 is 51.1 Å². The first kappa shape index (κ1) is 37.6. The summed E-state index contributed by atoms with van der Waals surface area (Å²) in [6, 6.07) is 17.3. The molecule has 0 aliphatic carbocycles. The van der Waals surface area contributed by atoms with Gasteiger partial charge in [-0.3, -0.25) is 19.3 Å². The Bertz CT molecular complexity index is 2310. The van der Waals surface area contributed by atoms with Crippen molar-refractivity contribution < 1.29 is 41.8 Å². The van der Waals surface area contributed by atoms with E-state index in [-0.39, 0.29) is 60.7 Å². The molecule has 1 unspecified atom stereocenters. The lowest BCUT2D eigenvalue weighted by Crippen LogP contribution is -2.53. The molecular formula is C40H36F3N5O6S. The third kappa shape index (κ3) is 7.94. The third-order valence-corrected chi connectivity index (χ3v) is 10.7. The smallest absolute Gasteiger partial charge is 0.417 e. The molecule has 1 fully saturated rings. The van der Waals surface area contributed by atoms with Gasteiger partial charge in [0.2, 0.25) is 5.91 Å². The van der Waals surface area contributed by atoms with Crippen LogP contribution in [-0.4, -0.2) is 83.9 Å². The molecule has 0 bridgehead atoms. The zero-order valence-electron chi connectivity index (χ0n) is 30.2. The van der Waals surface area contributed by atoms with Crippen molar-refractivity contribution in [2.75, 3.05) is 39.3 Å². The lowest BCUT2D eigenvalue weighted by molar-refractivity contribution is -0.150. The molecule has 0 spiro atoms. The highest BCUT2D eigenvalue weighted by atomic mass is 32.1. The maximum absolute atomic E-state index is 14.3. The second-order valence-electron chi connectivity index (χ2n) is 13.6. The number of aromatic nitrogens is 2. The molecule has 0 N–H and O–H groups in total. The minimum Gasteiger partial charge on any atom is -0.425 e. The number of pyridine rings is 1. The van der Waals surface area contributed by atoms with E-state index in [1.165, 1.54) is 35.4 Å². The molecule has 1 atom stereocenters. The van der Waals surface area contributed by atoms with Gasteiger partial charge in [-0.2, -0.15) is 13.2 Å². The van der Waals surface area contributed by atoms with E-state index in [9.17, 15) is 32.3 Å². The van der Waals surface area contributed by atoms with Crippen LogP contribution in [0, 0.1) is 0 Å². The highest BCUT2D eigenvalue weighted by Crippen LogP contribution is 2.42. The Morgan fingerprint density at radius 1 is 0.982 bits per heavy atom. The van der Waals surface area contributed by atoms with Crippen LogP contribution in [0.3, 0.4) is 0 Å². The van der Waals surface area contributed by atoms with Crippen molar-refractivity contribution in [3.05, 3.63) is 95.2 Å². The number of amides is 3. The number of piperidine rings is 1. The molecule has 5 aromatic rings. The van der Waals surface area contributed by atoms with Crippen LogP contribution in [-0.2, 0) is 38.3 Å². The van der Waals surface area contributed by atoms with E-state index in [1.807, 2.05) is 31.1 Å². The summed E-state index contributed by atoms with van der Waals surface area (Å²) in [5, 5.41) is 0.270. The fourth-order valence-electron chi connectivity index (χ4n) is 6.72. The Morgan fingerprint density at radius 2 is 1.76 bits per heavy atom.